The number of rotatable bonds is 5. The Labute approximate surface area is 153 Å². The van der Waals surface area contributed by atoms with Gasteiger partial charge in [0.2, 0.25) is 0 Å². The summed E-state index contributed by atoms with van der Waals surface area (Å²) in [5.74, 6) is 0.584. The Kier molecular flexibility index (Phi) is 4.90. The lowest BCUT2D eigenvalue weighted by molar-refractivity contribution is -0.384. The molecular formula is C18H13ClN2O5. The van der Waals surface area contributed by atoms with Crippen LogP contribution in [0.5, 0.6) is 5.75 Å². The van der Waals surface area contributed by atoms with Crippen LogP contribution in [0, 0.1) is 10.1 Å². The zero-order valence-electron chi connectivity index (χ0n) is 13.6. The van der Waals surface area contributed by atoms with E-state index in [0.29, 0.717) is 22.8 Å². The summed E-state index contributed by atoms with van der Waals surface area (Å²) in [5, 5.41) is 13.6. The van der Waals surface area contributed by atoms with Crippen molar-refractivity contribution in [2.24, 2.45) is 0 Å². The number of amides is 1. The summed E-state index contributed by atoms with van der Waals surface area (Å²) in [4.78, 5) is 22.6. The van der Waals surface area contributed by atoms with Gasteiger partial charge in [-0.15, -0.1) is 0 Å². The highest BCUT2D eigenvalue weighted by atomic mass is 35.5. The molecule has 0 saturated heterocycles. The van der Waals surface area contributed by atoms with E-state index >= 15 is 0 Å². The zero-order valence-corrected chi connectivity index (χ0v) is 14.3. The first-order chi connectivity index (χ1) is 12.5. The smallest absolute Gasteiger partial charge is 0.291 e. The number of methoxy groups -OCH3 is 1. The third-order valence-electron chi connectivity index (χ3n) is 3.59. The summed E-state index contributed by atoms with van der Waals surface area (Å²) < 4.78 is 10.7. The first-order valence-electron chi connectivity index (χ1n) is 7.47. The molecule has 1 heterocycles. The van der Waals surface area contributed by atoms with Gasteiger partial charge in [-0.3, -0.25) is 14.9 Å². The van der Waals surface area contributed by atoms with Gasteiger partial charge in [0.15, 0.2) is 5.76 Å². The number of benzene rings is 2. The van der Waals surface area contributed by atoms with Crippen LogP contribution in [0.4, 0.5) is 11.4 Å². The molecule has 1 amide bonds. The van der Waals surface area contributed by atoms with Crippen LogP contribution >= 0.6 is 11.6 Å². The third-order valence-corrected chi connectivity index (χ3v) is 3.90. The molecule has 1 aromatic heterocycles. The fraction of sp³-hybridized carbons (Fsp3) is 0.0556. The second-order valence-electron chi connectivity index (χ2n) is 5.27. The van der Waals surface area contributed by atoms with E-state index in [-0.39, 0.29) is 16.5 Å². The fourth-order valence-corrected chi connectivity index (χ4v) is 2.58. The molecule has 0 fully saturated rings. The second-order valence-corrected chi connectivity index (χ2v) is 5.68. The van der Waals surface area contributed by atoms with Crippen LogP contribution in [0.3, 0.4) is 0 Å². The maximum absolute atomic E-state index is 12.3. The quantitative estimate of drug-likeness (QED) is 0.514. The van der Waals surface area contributed by atoms with Crippen molar-refractivity contribution in [1.82, 2.24) is 0 Å². The third kappa shape index (κ3) is 3.68. The molecule has 0 radical (unpaired) electrons. The van der Waals surface area contributed by atoms with Gasteiger partial charge in [-0.2, -0.15) is 0 Å². The molecule has 1 N–H and O–H groups in total. The van der Waals surface area contributed by atoms with E-state index in [2.05, 4.69) is 5.32 Å². The highest BCUT2D eigenvalue weighted by molar-refractivity contribution is 6.33. The molecule has 0 aliphatic heterocycles. The van der Waals surface area contributed by atoms with Crippen LogP contribution in [-0.2, 0) is 0 Å². The summed E-state index contributed by atoms with van der Waals surface area (Å²) in [6.45, 7) is 0. The van der Waals surface area contributed by atoms with Gasteiger partial charge in [0.05, 0.1) is 17.1 Å². The topological polar surface area (TPSA) is 94.6 Å². The zero-order chi connectivity index (χ0) is 18.7. The highest BCUT2D eigenvalue weighted by Gasteiger charge is 2.16. The largest absolute Gasteiger partial charge is 0.497 e. The number of non-ortho nitro benzene ring substituents is 1. The number of furan rings is 1. The molecule has 0 spiro atoms. The highest BCUT2D eigenvalue weighted by Crippen LogP contribution is 2.32. The van der Waals surface area contributed by atoms with E-state index in [0.717, 1.165) is 0 Å². The number of hydrogen-bond donors (Lipinski definition) is 1. The molecular weight excluding hydrogens is 360 g/mol. The molecule has 7 nitrogen and oxygen atoms in total. The van der Waals surface area contributed by atoms with Crippen LogP contribution in [0.2, 0.25) is 5.02 Å². The van der Waals surface area contributed by atoms with Crippen LogP contribution < -0.4 is 10.1 Å². The van der Waals surface area contributed by atoms with Crippen molar-refractivity contribution in [3.63, 3.8) is 0 Å². The summed E-state index contributed by atoms with van der Waals surface area (Å²) in [5.41, 5.74) is 0.889. The van der Waals surface area contributed by atoms with E-state index in [4.69, 9.17) is 20.8 Å². The van der Waals surface area contributed by atoms with Crippen LogP contribution in [0.25, 0.3) is 11.3 Å². The predicted octanol–water partition coefficient (Wildman–Crippen LogP) is 4.77. The van der Waals surface area contributed by atoms with Gasteiger partial charge in [0.1, 0.15) is 11.5 Å². The Morgan fingerprint density at radius 3 is 2.69 bits per heavy atom. The van der Waals surface area contributed by atoms with E-state index in [1.807, 2.05) is 0 Å². The van der Waals surface area contributed by atoms with Gasteiger partial charge in [-0.25, -0.2) is 0 Å². The number of carbonyl (C=O) groups is 1. The Hall–Kier alpha value is -3.32. The van der Waals surface area contributed by atoms with E-state index in [1.54, 1.807) is 30.3 Å². The van der Waals surface area contributed by atoms with E-state index in [9.17, 15) is 14.9 Å². The van der Waals surface area contributed by atoms with Crippen molar-refractivity contribution < 1.29 is 18.9 Å². The Morgan fingerprint density at radius 2 is 2.00 bits per heavy atom. The lowest BCUT2D eigenvalue weighted by Gasteiger charge is -2.05. The van der Waals surface area contributed by atoms with Gasteiger partial charge in [-0.05, 0) is 30.3 Å². The normalized spacial score (nSPS) is 10.4. The number of anilines is 1. The summed E-state index contributed by atoms with van der Waals surface area (Å²) in [6.07, 6.45) is 0. The van der Waals surface area contributed by atoms with Gasteiger partial charge in [0, 0.05) is 29.4 Å². The average molecular weight is 373 g/mol. The van der Waals surface area contributed by atoms with Gasteiger partial charge in [0.25, 0.3) is 11.6 Å². The molecule has 0 bridgehead atoms. The van der Waals surface area contributed by atoms with Crippen LogP contribution in [0.15, 0.2) is 59.0 Å². The van der Waals surface area contributed by atoms with Gasteiger partial charge in [-0.1, -0.05) is 17.7 Å². The summed E-state index contributed by atoms with van der Waals surface area (Å²) in [7, 11) is 1.54. The monoisotopic (exact) mass is 372 g/mol. The minimum atomic E-state index is -0.537. The second kappa shape index (κ2) is 7.28. The summed E-state index contributed by atoms with van der Waals surface area (Å²) >= 11 is 6.08. The molecule has 8 heteroatoms. The standard InChI is InChI=1S/C18H13ClN2O5/c1-25-13-4-2-3-11(9-13)20-18(22)17-8-7-16(26-17)14-6-5-12(21(23)24)10-15(14)19/h2-10H,1H3,(H,20,22). The molecule has 0 unspecified atom stereocenters. The number of nitrogens with zero attached hydrogens (tertiary/aromatic N) is 1. The van der Waals surface area contributed by atoms with E-state index < -0.39 is 10.8 Å². The molecule has 3 aromatic rings. The molecule has 2 aromatic carbocycles. The number of carbonyl (C=O) groups excluding carboxylic acids is 1. The Balaban J connectivity index is 1.81. The Morgan fingerprint density at radius 1 is 1.19 bits per heavy atom. The molecule has 0 saturated carbocycles. The minimum absolute atomic E-state index is 0.0808. The van der Waals surface area contributed by atoms with Crippen molar-refractivity contribution in [2.75, 3.05) is 12.4 Å². The van der Waals surface area contributed by atoms with Crippen LogP contribution in [0.1, 0.15) is 10.6 Å². The molecule has 3 rings (SSSR count). The number of nitrogens with one attached hydrogen (secondary N) is 1. The molecule has 132 valence electrons. The van der Waals surface area contributed by atoms with Gasteiger partial charge < -0.3 is 14.5 Å². The van der Waals surface area contributed by atoms with E-state index in [1.165, 1.54) is 31.4 Å². The molecule has 0 aliphatic carbocycles. The number of nitro benzene ring substituents is 1. The minimum Gasteiger partial charge on any atom is -0.497 e. The fourth-order valence-electron chi connectivity index (χ4n) is 2.32. The first kappa shape index (κ1) is 17.5. The SMILES string of the molecule is COc1cccc(NC(=O)c2ccc(-c3ccc([N+](=O)[O-])cc3Cl)o2)c1. The van der Waals surface area contributed by atoms with Crippen molar-refractivity contribution in [2.45, 2.75) is 0 Å². The number of halogens is 1. The maximum atomic E-state index is 12.3. The van der Waals surface area contributed by atoms with Crippen molar-refractivity contribution >= 4 is 28.9 Å². The Bertz CT molecular complexity index is 983. The number of nitro groups is 1. The maximum Gasteiger partial charge on any atom is 0.291 e. The summed E-state index contributed by atoms with van der Waals surface area (Å²) in [6, 6.07) is 14.0. The van der Waals surface area contributed by atoms with Crippen molar-refractivity contribution in [1.29, 1.82) is 0 Å². The predicted molar refractivity (Wildman–Crippen MR) is 96.8 cm³/mol. The van der Waals surface area contributed by atoms with Gasteiger partial charge >= 0.3 is 0 Å². The first-order valence-corrected chi connectivity index (χ1v) is 7.85. The molecule has 0 atom stereocenters. The molecule has 0 aliphatic rings. The lowest BCUT2D eigenvalue weighted by Crippen LogP contribution is -2.10. The number of hydrogen-bond acceptors (Lipinski definition) is 5. The molecule has 26 heavy (non-hydrogen) atoms. The lowest BCUT2D eigenvalue weighted by atomic mass is 10.1. The van der Waals surface area contributed by atoms with Crippen molar-refractivity contribution in [3.8, 4) is 17.1 Å². The van der Waals surface area contributed by atoms with Crippen LogP contribution in [-0.4, -0.2) is 17.9 Å². The average Bonchev–Trinajstić information content (AvgIpc) is 3.11. The number of ether oxygens (including phenoxy) is 1. The van der Waals surface area contributed by atoms with Crippen molar-refractivity contribution in [3.05, 3.63) is 75.5 Å².